The molecule has 2 aromatic rings. The minimum Gasteiger partial charge on any atom is -0.496 e. The van der Waals surface area contributed by atoms with Crippen LogP contribution in [0.3, 0.4) is 0 Å². The molecule has 3 N–H and O–H groups in total. The fraction of sp³-hybridized carbons (Fsp3) is 0.118. The van der Waals surface area contributed by atoms with Crippen LogP contribution in [-0.4, -0.2) is 32.5 Å². The molecule has 28 heavy (non-hydrogen) atoms. The van der Waals surface area contributed by atoms with Gasteiger partial charge < -0.3 is 10.1 Å². The third kappa shape index (κ3) is 5.65. The maximum absolute atomic E-state index is 12.4. The quantitative estimate of drug-likeness (QED) is 0.610. The van der Waals surface area contributed by atoms with E-state index in [9.17, 15) is 18.0 Å². The number of anilines is 1. The van der Waals surface area contributed by atoms with Crippen LogP contribution >= 0.6 is 23.8 Å². The Kier molecular flexibility index (Phi) is 6.95. The molecule has 0 spiro atoms. The van der Waals surface area contributed by atoms with Gasteiger partial charge in [-0.15, -0.1) is 0 Å². The molecule has 8 nitrogen and oxygen atoms in total. The Morgan fingerprint density at radius 3 is 2.32 bits per heavy atom. The number of hydrogen-bond donors (Lipinski definition) is 3. The van der Waals surface area contributed by atoms with Gasteiger partial charge in [-0.3, -0.25) is 14.9 Å². The standard InChI is InChI=1S/C17H16ClN3O5S2/c1-10(22)21-28(24,25)13-6-4-12(5-7-13)19-17(27)20-16(23)14-9-11(18)3-8-15(14)26-2/h3-9H,1-2H3,(H,21,22)(H2,19,20,23,27). The number of nitrogens with one attached hydrogen (secondary N) is 3. The summed E-state index contributed by atoms with van der Waals surface area (Å²) in [5, 5.41) is 5.59. The molecule has 0 saturated heterocycles. The molecular weight excluding hydrogens is 426 g/mol. The van der Waals surface area contributed by atoms with Gasteiger partial charge in [-0.25, -0.2) is 13.1 Å². The fourth-order valence-electron chi connectivity index (χ4n) is 2.16. The molecule has 2 rings (SSSR count). The van der Waals surface area contributed by atoms with E-state index in [2.05, 4.69) is 10.6 Å². The van der Waals surface area contributed by atoms with Crippen LogP contribution in [0, 0.1) is 0 Å². The molecule has 0 aliphatic rings. The summed E-state index contributed by atoms with van der Waals surface area (Å²) in [5.74, 6) is -0.888. The van der Waals surface area contributed by atoms with Gasteiger partial charge in [0.25, 0.3) is 15.9 Å². The lowest BCUT2D eigenvalue weighted by Gasteiger charge is -2.12. The van der Waals surface area contributed by atoms with Crippen molar-refractivity contribution < 1.29 is 22.7 Å². The average molecular weight is 442 g/mol. The van der Waals surface area contributed by atoms with Crippen LogP contribution in [0.2, 0.25) is 5.02 Å². The molecule has 2 amide bonds. The second kappa shape index (κ2) is 9.00. The van der Waals surface area contributed by atoms with E-state index < -0.39 is 21.8 Å². The van der Waals surface area contributed by atoms with E-state index in [0.29, 0.717) is 16.5 Å². The summed E-state index contributed by atoms with van der Waals surface area (Å²) >= 11 is 11.0. The molecule has 0 unspecified atom stereocenters. The predicted molar refractivity (Wildman–Crippen MR) is 109 cm³/mol. The van der Waals surface area contributed by atoms with Gasteiger partial charge in [0.1, 0.15) is 5.75 Å². The summed E-state index contributed by atoms with van der Waals surface area (Å²) in [4.78, 5) is 23.2. The maximum atomic E-state index is 12.4. The number of benzene rings is 2. The van der Waals surface area contributed by atoms with Crippen LogP contribution in [0.4, 0.5) is 5.69 Å². The highest BCUT2D eigenvalue weighted by Crippen LogP contribution is 2.22. The first kappa shape index (κ1) is 21.6. The molecule has 11 heteroatoms. The Bertz CT molecular complexity index is 1020. The van der Waals surface area contributed by atoms with Gasteiger partial charge in [0.05, 0.1) is 17.6 Å². The van der Waals surface area contributed by atoms with Crippen molar-refractivity contribution in [2.24, 2.45) is 0 Å². The van der Waals surface area contributed by atoms with E-state index in [1.54, 1.807) is 12.1 Å². The minimum absolute atomic E-state index is 0.00973. The first-order chi connectivity index (χ1) is 13.1. The number of methoxy groups -OCH3 is 1. The van der Waals surface area contributed by atoms with Crippen molar-refractivity contribution in [1.29, 1.82) is 0 Å². The Balaban J connectivity index is 2.06. The SMILES string of the molecule is COc1ccc(Cl)cc1C(=O)NC(=S)Nc1ccc(S(=O)(=O)NC(C)=O)cc1. The highest BCUT2D eigenvalue weighted by Gasteiger charge is 2.16. The number of carbonyl (C=O) groups is 2. The molecule has 0 aliphatic heterocycles. The highest BCUT2D eigenvalue weighted by molar-refractivity contribution is 7.90. The van der Waals surface area contributed by atoms with Crippen molar-refractivity contribution in [2.75, 3.05) is 12.4 Å². The van der Waals surface area contributed by atoms with E-state index >= 15 is 0 Å². The number of halogens is 1. The van der Waals surface area contributed by atoms with Gasteiger partial charge in [-0.2, -0.15) is 0 Å². The third-order valence-corrected chi connectivity index (χ3v) is 5.22. The molecular formula is C17H16ClN3O5S2. The second-order valence-corrected chi connectivity index (χ2v) is 7.97. The minimum atomic E-state index is -3.93. The van der Waals surface area contributed by atoms with E-state index in [1.807, 2.05) is 4.72 Å². The lowest BCUT2D eigenvalue weighted by atomic mass is 10.2. The second-order valence-electron chi connectivity index (χ2n) is 5.44. The summed E-state index contributed by atoms with van der Waals surface area (Å²) < 4.78 is 30.8. The molecule has 2 aromatic carbocycles. The normalized spacial score (nSPS) is 10.7. The molecule has 0 atom stereocenters. The average Bonchev–Trinajstić information content (AvgIpc) is 2.61. The number of hydrogen-bond acceptors (Lipinski definition) is 6. The molecule has 0 bridgehead atoms. The molecule has 0 aliphatic carbocycles. The van der Waals surface area contributed by atoms with Gasteiger partial charge in [0.15, 0.2) is 5.11 Å². The summed E-state index contributed by atoms with van der Waals surface area (Å²) in [6, 6.07) is 10.0. The number of thiocarbonyl (C=S) groups is 1. The summed E-state index contributed by atoms with van der Waals surface area (Å²) in [5.41, 5.74) is 0.640. The zero-order chi connectivity index (χ0) is 20.9. The summed E-state index contributed by atoms with van der Waals surface area (Å²) in [6.07, 6.45) is 0. The largest absolute Gasteiger partial charge is 0.496 e. The van der Waals surface area contributed by atoms with Crippen molar-refractivity contribution in [3.8, 4) is 5.75 Å². The first-order valence-electron chi connectivity index (χ1n) is 7.71. The Hall–Kier alpha value is -2.69. The molecule has 148 valence electrons. The van der Waals surface area contributed by atoms with Crippen LogP contribution in [0.25, 0.3) is 0 Å². The van der Waals surface area contributed by atoms with Crippen LogP contribution in [-0.2, 0) is 14.8 Å². The number of sulfonamides is 1. The zero-order valence-corrected chi connectivity index (χ0v) is 17.2. The number of amides is 2. The maximum Gasteiger partial charge on any atom is 0.264 e. The summed E-state index contributed by atoms with van der Waals surface area (Å²) in [6.45, 7) is 1.10. The Morgan fingerprint density at radius 2 is 1.75 bits per heavy atom. The third-order valence-electron chi connectivity index (χ3n) is 3.33. The molecule has 0 radical (unpaired) electrons. The zero-order valence-electron chi connectivity index (χ0n) is 14.8. The van der Waals surface area contributed by atoms with Gasteiger partial charge in [0.2, 0.25) is 5.91 Å². The topological polar surface area (TPSA) is 114 Å². The van der Waals surface area contributed by atoms with E-state index in [0.717, 1.165) is 6.92 Å². The lowest BCUT2D eigenvalue weighted by molar-refractivity contribution is -0.117. The Morgan fingerprint density at radius 1 is 1.11 bits per heavy atom. The van der Waals surface area contributed by atoms with Gasteiger partial charge in [0, 0.05) is 17.6 Å². The van der Waals surface area contributed by atoms with Crippen molar-refractivity contribution in [3.63, 3.8) is 0 Å². The lowest BCUT2D eigenvalue weighted by Crippen LogP contribution is -2.34. The van der Waals surface area contributed by atoms with Crippen molar-refractivity contribution in [1.82, 2.24) is 10.0 Å². The van der Waals surface area contributed by atoms with Gasteiger partial charge >= 0.3 is 0 Å². The Labute approximate surface area is 172 Å². The molecule has 0 saturated carbocycles. The van der Waals surface area contributed by atoms with Crippen molar-refractivity contribution in [2.45, 2.75) is 11.8 Å². The number of rotatable bonds is 5. The van der Waals surface area contributed by atoms with Crippen molar-refractivity contribution in [3.05, 3.63) is 53.1 Å². The first-order valence-corrected chi connectivity index (χ1v) is 9.98. The van der Waals surface area contributed by atoms with Crippen LogP contribution in [0.15, 0.2) is 47.4 Å². The van der Waals surface area contributed by atoms with E-state index in [4.69, 9.17) is 28.6 Å². The fourth-order valence-corrected chi connectivity index (χ4v) is 3.53. The van der Waals surface area contributed by atoms with Crippen LogP contribution in [0.1, 0.15) is 17.3 Å². The molecule has 0 aromatic heterocycles. The molecule has 0 fully saturated rings. The number of ether oxygens (including phenoxy) is 1. The summed E-state index contributed by atoms with van der Waals surface area (Å²) in [7, 11) is -2.50. The van der Waals surface area contributed by atoms with Gasteiger partial charge in [-0.05, 0) is 54.7 Å². The van der Waals surface area contributed by atoms with E-state index in [-0.39, 0.29) is 15.6 Å². The predicted octanol–water partition coefficient (Wildman–Crippen LogP) is 2.30. The van der Waals surface area contributed by atoms with E-state index in [1.165, 1.54) is 37.4 Å². The van der Waals surface area contributed by atoms with Gasteiger partial charge in [-0.1, -0.05) is 11.6 Å². The smallest absolute Gasteiger partial charge is 0.264 e. The monoisotopic (exact) mass is 441 g/mol. The van der Waals surface area contributed by atoms with Crippen LogP contribution in [0.5, 0.6) is 5.75 Å². The van der Waals surface area contributed by atoms with Crippen molar-refractivity contribution >= 4 is 56.5 Å². The number of carbonyl (C=O) groups excluding carboxylic acids is 2. The highest BCUT2D eigenvalue weighted by atomic mass is 35.5. The van der Waals surface area contributed by atoms with Crippen LogP contribution < -0.4 is 20.1 Å². The molecule has 0 heterocycles.